The van der Waals surface area contributed by atoms with E-state index in [1.807, 2.05) is 13.8 Å². The second-order valence-electron chi connectivity index (χ2n) is 1.89. The van der Waals surface area contributed by atoms with Crippen LogP contribution < -0.4 is 5.32 Å². The summed E-state index contributed by atoms with van der Waals surface area (Å²) in [6.07, 6.45) is 0. The Morgan fingerprint density at radius 2 is 2.56 bits per heavy atom. The van der Waals surface area contributed by atoms with E-state index in [1.54, 1.807) is 0 Å². The molecule has 0 saturated heterocycles. The van der Waals surface area contributed by atoms with Crippen LogP contribution in [0.4, 0.5) is 0 Å². The van der Waals surface area contributed by atoms with Crippen LogP contribution in [0.3, 0.4) is 0 Å². The maximum atomic E-state index is 9.70. The third-order valence-corrected chi connectivity index (χ3v) is 2.08. The molecule has 0 bridgehead atoms. The number of hydrogen-bond donors (Lipinski definition) is 1. The Kier molecular flexibility index (Phi) is 5.55. The number of carbonyl (C=O) groups is 1. The van der Waals surface area contributed by atoms with Gasteiger partial charge in [-0.3, -0.25) is 4.79 Å². The van der Waals surface area contributed by atoms with Crippen molar-refractivity contribution < 1.29 is 9.22 Å². The minimum atomic E-state index is -0.654. The molecule has 0 aromatic rings. The largest absolute Gasteiger partial charge is 0.525 e. The lowest BCUT2D eigenvalue weighted by Gasteiger charge is -2.08. The fourth-order valence-corrected chi connectivity index (χ4v) is 1.36. The first-order valence-electron chi connectivity index (χ1n) is 3.10. The molecule has 0 aliphatic carbocycles. The molecule has 0 rings (SSSR count). The molecule has 4 heteroatoms. The first kappa shape index (κ1) is 8.65. The first-order valence-corrected chi connectivity index (χ1v) is 4.49. The number of hydrogen-bond acceptors (Lipinski definition) is 3. The molecule has 1 unspecified atom stereocenters. The Balaban J connectivity index is 3.04. The summed E-state index contributed by atoms with van der Waals surface area (Å²) in [6, 6.07) is 0. The van der Waals surface area contributed by atoms with Crippen LogP contribution in [0.2, 0.25) is 0 Å². The van der Waals surface area contributed by atoms with E-state index in [1.165, 1.54) is 0 Å². The fraction of sp³-hybridized carbons (Fsp3) is 0.800. The molecule has 54 valence electrons. The number of nitrogens with one attached hydrogen (secondary N) is 1. The summed E-state index contributed by atoms with van der Waals surface area (Å²) in [4.78, 5) is 9.70. The predicted octanol–water partition coefficient (Wildman–Crippen LogP) is -0.801. The average molecular weight is 147 g/mol. The van der Waals surface area contributed by atoms with Gasteiger partial charge in [0.15, 0.2) is 0 Å². The van der Waals surface area contributed by atoms with Crippen molar-refractivity contribution in [3.8, 4) is 0 Å². The van der Waals surface area contributed by atoms with Gasteiger partial charge in [-0.25, -0.2) is 0 Å². The summed E-state index contributed by atoms with van der Waals surface area (Å²) in [6.45, 7) is 5.53. The molecule has 0 aromatic carbocycles. The highest BCUT2D eigenvalue weighted by Crippen LogP contribution is 1.76. The summed E-state index contributed by atoms with van der Waals surface area (Å²) in [5, 5.41) is 3.16. The minimum Gasteiger partial charge on any atom is -0.525 e. The maximum Gasteiger partial charge on any atom is 0.279 e. The molecule has 0 amide bonds. The highest BCUT2D eigenvalue weighted by Gasteiger charge is 1.98. The molecule has 0 spiro atoms. The van der Waals surface area contributed by atoms with E-state index in [2.05, 4.69) is 9.74 Å². The zero-order valence-corrected chi connectivity index (χ0v) is 7.30. The average Bonchev–Trinajstić information content (AvgIpc) is 1.85. The lowest BCUT2D eigenvalue weighted by Crippen LogP contribution is -2.32. The lowest BCUT2D eigenvalue weighted by molar-refractivity contribution is -0.120. The van der Waals surface area contributed by atoms with E-state index in [0.717, 1.165) is 6.54 Å². The van der Waals surface area contributed by atoms with Crippen LogP contribution in [-0.2, 0) is 9.22 Å². The summed E-state index contributed by atoms with van der Waals surface area (Å²) in [7, 11) is -0.654. The molecule has 0 aliphatic heterocycles. The molecule has 9 heavy (non-hydrogen) atoms. The van der Waals surface area contributed by atoms with Crippen molar-refractivity contribution in [2.45, 2.75) is 19.5 Å². The van der Waals surface area contributed by atoms with Crippen molar-refractivity contribution in [2.24, 2.45) is 0 Å². The van der Waals surface area contributed by atoms with Crippen LogP contribution in [0.15, 0.2) is 0 Å². The third kappa shape index (κ3) is 5.52. The Labute approximate surface area is 57.7 Å². The molecule has 0 heterocycles. The van der Waals surface area contributed by atoms with Crippen LogP contribution in [-0.4, -0.2) is 28.4 Å². The zero-order chi connectivity index (χ0) is 7.11. The van der Waals surface area contributed by atoms with E-state index in [9.17, 15) is 4.79 Å². The van der Waals surface area contributed by atoms with Crippen LogP contribution in [0.1, 0.15) is 13.8 Å². The number of rotatable bonds is 5. The van der Waals surface area contributed by atoms with Crippen molar-refractivity contribution in [3.05, 3.63) is 0 Å². The van der Waals surface area contributed by atoms with E-state index in [-0.39, 0.29) is 0 Å². The second-order valence-corrected chi connectivity index (χ2v) is 3.78. The van der Waals surface area contributed by atoms with E-state index in [4.69, 9.17) is 0 Å². The summed E-state index contributed by atoms with van der Waals surface area (Å²) in [5.41, 5.74) is 0.403. The smallest absolute Gasteiger partial charge is 0.279 e. The van der Waals surface area contributed by atoms with Gasteiger partial charge in [0.2, 0.25) is 9.76 Å². The topological polar surface area (TPSA) is 38.3 Å². The van der Waals surface area contributed by atoms with E-state index >= 15 is 0 Å². The van der Waals surface area contributed by atoms with Gasteiger partial charge < -0.3 is 9.74 Å². The van der Waals surface area contributed by atoms with Crippen molar-refractivity contribution in [1.29, 1.82) is 0 Å². The quantitative estimate of drug-likeness (QED) is 0.409. The summed E-state index contributed by atoms with van der Waals surface area (Å²) >= 11 is 0. The molecule has 0 saturated carbocycles. The molecule has 1 N–H and O–H groups in total. The third-order valence-electron chi connectivity index (χ3n) is 0.967. The highest BCUT2D eigenvalue weighted by molar-refractivity contribution is 6.31. The Morgan fingerprint density at radius 1 is 1.89 bits per heavy atom. The van der Waals surface area contributed by atoms with Gasteiger partial charge in [0.1, 0.15) is 0 Å². The fourth-order valence-electron chi connectivity index (χ4n) is 0.591. The van der Waals surface area contributed by atoms with Crippen LogP contribution in [0.5, 0.6) is 0 Å². The Morgan fingerprint density at radius 3 is 3.00 bits per heavy atom. The molecule has 0 aliphatic rings. The molecular formula is C5H13NO2Si. The van der Waals surface area contributed by atoms with Gasteiger partial charge in [0.05, 0.1) is 0 Å². The molecular weight excluding hydrogens is 134 g/mol. The minimum absolute atomic E-state index is 0.403. The van der Waals surface area contributed by atoms with Crippen molar-refractivity contribution >= 4 is 16.2 Å². The summed E-state index contributed by atoms with van der Waals surface area (Å²) in [5.74, 6) is 0. The van der Waals surface area contributed by atoms with Gasteiger partial charge in [-0.15, -0.1) is 0 Å². The van der Waals surface area contributed by atoms with Crippen LogP contribution >= 0.6 is 0 Å². The highest BCUT2D eigenvalue weighted by atomic mass is 28.2. The first-order chi connectivity index (χ1) is 4.31. The van der Waals surface area contributed by atoms with Gasteiger partial charge in [-0.2, -0.15) is 0 Å². The van der Waals surface area contributed by atoms with E-state index in [0.29, 0.717) is 12.1 Å². The van der Waals surface area contributed by atoms with Crippen LogP contribution in [0.25, 0.3) is 0 Å². The van der Waals surface area contributed by atoms with Gasteiger partial charge >= 0.3 is 0 Å². The normalized spacial score (nSPS) is 14.0. The van der Waals surface area contributed by atoms with Gasteiger partial charge in [0, 0.05) is 5.67 Å². The standard InChI is InChI=1S/C5H13NO2Si/c1-3-6-5(2)9-8-4-7/h4-6H,3,9H2,1-2H3. The predicted molar refractivity (Wildman–Crippen MR) is 38.8 cm³/mol. The molecule has 0 fully saturated rings. The van der Waals surface area contributed by atoms with Crippen molar-refractivity contribution in [2.75, 3.05) is 6.54 Å². The molecule has 0 aromatic heterocycles. The van der Waals surface area contributed by atoms with Crippen molar-refractivity contribution in [1.82, 2.24) is 5.32 Å². The Bertz CT molecular complexity index is 79.4. The monoisotopic (exact) mass is 147 g/mol. The zero-order valence-electron chi connectivity index (χ0n) is 5.89. The van der Waals surface area contributed by atoms with Gasteiger partial charge in [-0.1, -0.05) is 6.92 Å². The molecule has 3 nitrogen and oxygen atoms in total. The van der Waals surface area contributed by atoms with Crippen LogP contribution in [0, 0.1) is 0 Å². The van der Waals surface area contributed by atoms with E-state index < -0.39 is 9.76 Å². The maximum absolute atomic E-state index is 9.70. The SMILES string of the molecule is CCNC(C)[SiH2]OC=O. The molecule has 1 atom stereocenters. The Hall–Kier alpha value is -0.353. The molecule has 0 radical (unpaired) electrons. The lowest BCUT2D eigenvalue weighted by atomic mass is 10.7. The summed E-state index contributed by atoms with van der Waals surface area (Å²) < 4.78 is 4.64. The number of carbonyl (C=O) groups excluding carboxylic acids is 1. The second kappa shape index (κ2) is 5.78. The van der Waals surface area contributed by atoms with Gasteiger partial charge in [0.25, 0.3) is 6.47 Å². The van der Waals surface area contributed by atoms with Crippen molar-refractivity contribution in [3.63, 3.8) is 0 Å². The van der Waals surface area contributed by atoms with Gasteiger partial charge in [-0.05, 0) is 13.5 Å².